The van der Waals surface area contributed by atoms with Gasteiger partial charge in [-0.15, -0.1) is 0 Å². The Morgan fingerprint density at radius 1 is 0.316 bits per heavy atom. The quantitative estimate of drug-likeness (QED) is 0.177. The first-order valence-corrected chi connectivity index (χ1v) is 19.6. The van der Waals surface area contributed by atoms with E-state index in [4.69, 9.17) is 4.42 Å². The Balaban J connectivity index is 1.23. The second-order valence-corrected chi connectivity index (χ2v) is 15.2. The number of fused-ring (bicyclic) bond motifs is 9. The molecule has 0 aliphatic heterocycles. The molecule has 0 N–H and O–H groups in total. The second kappa shape index (κ2) is 11.5. The summed E-state index contributed by atoms with van der Waals surface area (Å²) < 4.78 is 11.6. The highest BCUT2D eigenvalue weighted by molar-refractivity contribution is 6.36. The maximum Gasteiger partial charge on any atom is 0.136 e. The average molecular weight is 725 g/mol. The number of rotatable bonds is 4. The molecule has 9 aromatic carbocycles. The van der Waals surface area contributed by atoms with E-state index < -0.39 is 0 Å². The van der Waals surface area contributed by atoms with Gasteiger partial charge >= 0.3 is 0 Å². The third-order valence-electron chi connectivity index (χ3n) is 12.2. The van der Waals surface area contributed by atoms with E-state index in [2.05, 4.69) is 203 Å². The van der Waals surface area contributed by atoms with Crippen LogP contribution >= 0.6 is 0 Å². The molecule has 57 heavy (non-hydrogen) atoms. The lowest BCUT2D eigenvalue weighted by Gasteiger charge is -2.15. The fraction of sp³-hybridized carbons (Fsp3) is 0. The number of aromatic nitrogens is 2. The Hall–Kier alpha value is -7.62. The monoisotopic (exact) mass is 724 g/mol. The lowest BCUT2D eigenvalue weighted by molar-refractivity contribution is 0.669. The van der Waals surface area contributed by atoms with Crippen LogP contribution < -0.4 is 0 Å². The van der Waals surface area contributed by atoms with E-state index in [0.29, 0.717) is 0 Å². The predicted molar refractivity (Wildman–Crippen MR) is 239 cm³/mol. The minimum absolute atomic E-state index is 0.896. The lowest BCUT2D eigenvalue weighted by atomic mass is 9.93. The van der Waals surface area contributed by atoms with Crippen molar-refractivity contribution in [2.24, 2.45) is 0 Å². The molecule has 4 heterocycles. The fourth-order valence-electron chi connectivity index (χ4n) is 9.97. The molecule has 0 saturated carbocycles. The maximum absolute atomic E-state index is 6.51. The summed E-state index contributed by atoms with van der Waals surface area (Å²) >= 11 is 0. The highest BCUT2D eigenvalue weighted by Crippen LogP contribution is 2.50. The van der Waals surface area contributed by atoms with Crippen LogP contribution in [0, 0.1) is 0 Å². The minimum atomic E-state index is 0.896. The van der Waals surface area contributed by atoms with Gasteiger partial charge in [0.05, 0.1) is 27.6 Å². The summed E-state index contributed by atoms with van der Waals surface area (Å²) in [5.41, 5.74) is 16.1. The summed E-state index contributed by atoms with van der Waals surface area (Å²) in [4.78, 5) is 0. The van der Waals surface area contributed by atoms with Gasteiger partial charge in [0.1, 0.15) is 11.2 Å². The topological polar surface area (TPSA) is 22.5 Å². The fourth-order valence-corrected chi connectivity index (χ4v) is 9.97. The third kappa shape index (κ3) is 4.15. The standard InChI is InChI=1S/C54H32N2O/c1-2-15-33(16-3-1)36-19-4-5-20-37(36)34-17-12-18-35(31-34)55-46-28-13-24-39-38-21-6-9-26-44(38)56-45-27-10-7-22-41(45)51-43(32-47(55)53(52(39)46)54(51)56)40-25-14-30-49-50(40)42-23-8-11-29-48(42)57-49/h1-32H. The van der Waals surface area contributed by atoms with Gasteiger partial charge in [-0.1, -0.05) is 146 Å². The van der Waals surface area contributed by atoms with Gasteiger partial charge in [-0.05, 0) is 87.3 Å². The van der Waals surface area contributed by atoms with Crippen molar-refractivity contribution in [2.75, 3.05) is 0 Å². The molecule has 0 fully saturated rings. The van der Waals surface area contributed by atoms with Crippen molar-refractivity contribution in [3.8, 4) is 39.1 Å². The van der Waals surface area contributed by atoms with Gasteiger partial charge in [-0.3, -0.25) is 0 Å². The van der Waals surface area contributed by atoms with Gasteiger partial charge in [0.25, 0.3) is 0 Å². The average Bonchev–Trinajstić information content (AvgIpc) is 3.91. The Bertz CT molecular complexity index is 3750. The molecule has 0 aliphatic rings. The largest absolute Gasteiger partial charge is 0.456 e. The summed E-state index contributed by atoms with van der Waals surface area (Å²) in [6.45, 7) is 0. The van der Waals surface area contributed by atoms with Crippen LogP contribution in [0.1, 0.15) is 0 Å². The van der Waals surface area contributed by atoms with Gasteiger partial charge in [-0.2, -0.15) is 0 Å². The van der Waals surface area contributed by atoms with Gasteiger partial charge in [-0.25, -0.2) is 0 Å². The Morgan fingerprint density at radius 2 is 0.912 bits per heavy atom. The van der Waals surface area contributed by atoms with Crippen LogP contribution in [0.2, 0.25) is 0 Å². The molecular formula is C54H32N2O. The van der Waals surface area contributed by atoms with Crippen molar-refractivity contribution < 1.29 is 4.42 Å². The number of benzene rings is 9. The first-order chi connectivity index (χ1) is 28.3. The molecule has 264 valence electrons. The predicted octanol–water partition coefficient (Wildman–Crippen LogP) is 14.8. The minimum Gasteiger partial charge on any atom is -0.456 e. The molecular weight excluding hydrogens is 693 g/mol. The van der Waals surface area contributed by atoms with Gasteiger partial charge in [0.2, 0.25) is 0 Å². The second-order valence-electron chi connectivity index (χ2n) is 15.2. The van der Waals surface area contributed by atoms with E-state index in [1.54, 1.807) is 0 Å². The zero-order valence-corrected chi connectivity index (χ0v) is 30.8. The Morgan fingerprint density at radius 3 is 1.77 bits per heavy atom. The molecule has 4 aromatic heterocycles. The molecule has 0 atom stereocenters. The first-order valence-electron chi connectivity index (χ1n) is 19.6. The highest BCUT2D eigenvalue weighted by Gasteiger charge is 2.27. The Labute approximate surface area is 327 Å². The van der Waals surface area contributed by atoms with Crippen molar-refractivity contribution in [1.82, 2.24) is 8.97 Å². The number of para-hydroxylation sites is 3. The molecule has 0 amide bonds. The molecule has 0 spiro atoms. The SMILES string of the molecule is c1ccc(-c2ccccc2-c2cccc(-n3c4cccc5c6ccccc6n6c7ccccc7c7c(-c8cccc9oc%10ccccc%10c89)cc3c(c54)c76)c2)cc1. The summed E-state index contributed by atoms with van der Waals surface area (Å²) in [7, 11) is 0. The van der Waals surface area contributed by atoms with E-state index in [-0.39, 0.29) is 0 Å². The van der Waals surface area contributed by atoms with Crippen LogP contribution in [0.15, 0.2) is 199 Å². The Kier molecular flexibility index (Phi) is 6.16. The van der Waals surface area contributed by atoms with Crippen molar-refractivity contribution in [1.29, 1.82) is 0 Å². The van der Waals surface area contributed by atoms with Crippen molar-refractivity contribution in [3.05, 3.63) is 194 Å². The molecule has 0 saturated heterocycles. The molecule has 0 bridgehead atoms. The molecule has 3 heteroatoms. The van der Waals surface area contributed by atoms with Crippen molar-refractivity contribution in [3.63, 3.8) is 0 Å². The lowest BCUT2D eigenvalue weighted by Crippen LogP contribution is -1.96. The summed E-state index contributed by atoms with van der Waals surface area (Å²) in [6, 6.07) is 70.7. The third-order valence-corrected chi connectivity index (χ3v) is 12.2. The summed E-state index contributed by atoms with van der Waals surface area (Å²) in [5.74, 6) is 0. The number of nitrogens with zero attached hydrogens (tertiary/aromatic N) is 2. The van der Waals surface area contributed by atoms with Gasteiger partial charge < -0.3 is 13.4 Å². The van der Waals surface area contributed by atoms with Gasteiger partial charge in [0, 0.05) is 43.4 Å². The number of hydrogen-bond acceptors (Lipinski definition) is 1. The zero-order chi connectivity index (χ0) is 37.2. The van der Waals surface area contributed by atoms with E-state index in [0.717, 1.165) is 27.6 Å². The molecule has 0 unspecified atom stereocenters. The maximum atomic E-state index is 6.51. The van der Waals surface area contributed by atoms with E-state index >= 15 is 0 Å². The first kappa shape index (κ1) is 30.7. The van der Waals surface area contributed by atoms with Crippen LogP contribution in [0.25, 0.3) is 121 Å². The summed E-state index contributed by atoms with van der Waals surface area (Å²) in [6.07, 6.45) is 0. The van der Waals surface area contributed by atoms with Crippen molar-refractivity contribution in [2.45, 2.75) is 0 Å². The highest BCUT2D eigenvalue weighted by atomic mass is 16.3. The van der Waals surface area contributed by atoms with Crippen LogP contribution in [0.4, 0.5) is 0 Å². The molecule has 13 aromatic rings. The van der Waals surface area contributed by atoms with Gasteiger partial charge in [0.15, 0.2) is 0 Å². The van der Waals surface area contributed by atoms with E-state index in [9.17, 15) is 0 Å². The molecule has 0 aliphatic carbocycles. The van der Waals surface area contributed by atoms with E-state index in [1.807, 2.05) is 0 Å². The molecule has 0 radical (unpaired) electrons. The normalized spacial score (nSPS) is 12.2. The molecule has 3 nitrogen and oxygen atoms in total. The number of hydrogen-bond donors (Lipinski definition) is 0. The van der Waals surface area contributed by atoms with Crippen LogP contribution in [0.5, 0.6) is 0 Å². The van der Waals surface area contributed by atoms with Crippen molar-refractivity contribution >= 4 is 81.8 Å². The van der Waals surface area contributed by atoms with E-state index in [1.165, 1.54) is 93.3 Å². The van der Waals surface area contributed by atoms with Crippen LogP contribution in [-0.2, 0) is 0 Å². The molecule has 13 rings (SSSR count). The van der Waals surface area contributed by atoms with Crippen LogP contribution in [0.3, 0.4) is 0 Å². The summed E-state index contributed by atoms with van der Waals surface area (Å²) in [5, 5.41) is 9.80. The zero-order valence-electron chi connectivity index (χ0n) is 30.8. The smallest absolute Gasteiger partial charge is 0.136 e. The van der Waals surface area contributed by atoms with Crippen LogP contribution in [-0.4, -0.2) is 8.97 Å². The number of furan rings is 1.